The number of carbonyl (C=O) groups is 1. The van der Waals surface area contributed by atoms with Gasteiger partial charge in [0.05, 0.1) is 0 Å². The Hall–Kier alpha value is -2.55. The Morgan fingerprint density at radius 3 is 2.73 bits per heavy atom. The van der Waals surface area contributed by atoms with Crippen molar-refractivity contribution in [3.8, 4) is 11.4 Å². The standard InChI is InChI=1S/C17H22FN5O2S/c1-2-3-4-11-19-17(26)22-21-14(24)9-10-15-20-16(23-25-15)12-5-7-13(18)8-6-12/h5-8H,2-4,9-11H2,1H3,(H,21,24)(H2,19,22,26). The minimum absolute atomic E-state index is 0.163. The number of aromatic nitrogens is 2. The first-order valence-corrected chi connectivity index (χ1v) is 8.90. The fourth-order valence-corrected chi connectivity index (χ4v) is 2.26. The van der Waals surface area contributed by atoms with E-state index >= 15 is 0 Å². The second kappa shape index (κ2) is 10.4. The van der Waals surface area contributed by atoms with E-state index in [1.165, 1.54) is 12.1 Å². The molecule has 9 heteroatoms. The molecule has 0 aliphatic rings. The summed E-state index contributed by atoms with van der Waals surface area (Å²) >= 11 is 5.06. The average Bonchev–Trinajstić information content (AvgIpc) is 3.11. The lowest BCUT2D eigenvalue weighted by Crippen LogP contribution is -2.47. The molecule has 2 rings (SSSR count). The number of hydrogen-bond donors (Lipinski definition) is 3. The van der Waals surface area contributed by atoms with Gasteiger partial charge in [-0.15, -0.1) is 0 Å². The van der Waals surface area contributed by atoms with Crippen molar-refractivity contribution in [1.82, 2.24) is 26.3 Å². The lowest BCUT2D eigenvalue weighted by Gasteiger charge is -2.10. The zero-order valence-corrected chi connectivity index (χ0v) is 15.4. The van der Waals surface area contributed by atoms with Gasteiger partial charge in [-0.05, 0) is 42.9 Å². The second-order valence-electron chi connectivity index (χ2n) is 5.65. The number of amides is 1. The molecule has 3 N–H and O–H groups in total. The number of hydrogen-bond acceptors (Lipinski definition) is 5. The molecule has 0 atom stereocenters. The number of carbonyl (C=O) groups excluding carboxylic acids is 1. The first kappa shape index (κ1) is 19.8. The normalized spacial score (nSPS) is 10.4. The van der Waals surface area contributed by atoms with Crippen molar-refractivity contribution in [2.45, 2.75) is 39.0 Å². The summed E-state index contributed by atoms with van der Waals surface area (Å²) in [5.41, 5.74) is 5.81. The van der Waals surface area contributed by atoms with Crippen molar-refractivity contribution in [1.29, 1.82) is 0 Å². The molecule has 1 heterocycles. The van der Waals surface area contributed by atoms with Gasteiger partial charge < -0.3 is 9.84 Å². The fourth-order valence-electron chi connectivity index (χ4n) is 2.10. The summed E-state index contributed by atoms with van der Waals surface area (Å²) in [5.74, 6) is 0.111. The molecule has 0 saturated carbocycles. The topological polar surface area (TPSA) is 92.1 Å². The van der Waals surface area contributed by atoms with Gasteiger partial charge in [0.2, 0.25) is 17.6 Å². The lowest BCUT2D eigenvalue weighted by atomic mass is 10.2. The van der Waals surface area contributed by atoms with E-state index in [4.69, 9.17) is 16.7 Å². The predicted molar refractivity (Wildman–Crippen MR) is 99.4 cm³/mol. The zero-order chi connectivity index (χ0) is 18.8. The Morgan fingerprint density at radius 2 is 2.00 bits per heavy atom. The average molecular weight is 379 g/mol. The number of hydrazine groups is 1. The first-order chi connectivity index (χ1) is 12.6. The second-order valence-corrected chi connectivity index (χ2v) is 6.06. The van der Waals surface area contributed by atoms with Crippen LogP contribution in [0, 0.1) is 5.82 Å². The Balaban J connectivity index is 1.69. The molecular weight excluding hydrogens is 357 g/mol. The van der Waals surface area contributed by atoms with Crippen LogP contribution in [0.2, 0.25) is 0 Å². The van der Waals surface area contributed by atoms with E-state index in [-0.39, 0.29) is 18.1 Å². The zero-order valence-electron chi connectivity index (χ0n) is 14.5. The Kier molecular flexibility index (Phi) is 7.94. The first-order valence-electron chi connectivity index (χ1n) is 8.49. The number of nitrogens with zero attached hydrogens (tertiary/aromatic N) is 2. The third-order valence-electron chi connectivity index (χ3n) is 3.52. The molecule has 7 nitrogen and oxygen atoms in total. The Labute approximate surface area is 156 Å². The Bertz CT molecular complexity index is 720. The van der Waals surface area contributed by atoms with Crippen LogP contribution in [0.25, 0.3) is 11.4 Å². The van der Waals surface area contributed by atoms with E-state index in [1.807, 2.05) is 0 Å². The van der Waals surface area contributed by atoms with Gasteiger partial charge in [-0.2, -0.15) is 4.98 Å². The van der Waals surface area contributed by atoms with Gasteiger partial charge in [-0.3, -0.25) is 15.6 Å². The molecule has 26 heavy (non-hydrogen) atoms. The van der Waals surface area contributed by atoms with Crippen LogP contribution in [0.15, 0.2) is 28.8 Å². The van der Waals surface area contributed by atoms with Gasteiger partial charge >= 0.3 is 0 Å². The number of nitrogens with one attached hydrogen (secondary N) is 3. The summed E-state index contributed by atoms with van der Waals surface area (Å²) in [7, 11) is 0. The minimum atomic E-state index is -0.334. The van der Waals surface area contributed by atoms with Crippen LogP contribution >= 0.6 is 12.2 Å². The Morgan fingerprint density at radius 1 is 1.23 bits per heavy atom. The molecule has 0 unspecified atom stereocenters. The number of rotatable bonds is 8. The maximum atomic E-state index is 12.9. The molecule has 1 amide bonds. The minimum Gasteiger partial charge on any atom is -0.361 e. The van der Waals surface area contributed by atoms with E-state index in [0.717, 1.165) is 25.8 Å². The molecule has 2 aromatic rings. The number of halogens is 1. The SMILES string of the molecule is CCCCCNC(=S)NNC(=O)CCc1nc(-c2ccc(F)cc2)no1. The predicted octanol–water partition coefficient (Wildman–Crippen LogP) is 2.49. The molecule has 0 aliphatic carbocycles. The van der Waals surface area contributed by atoms with Crippen molar-refractivity contribution in [3.05, 3.63) is 36.0 Å². The monoisotopic (exact) mass is 379 g/mol. The highest BCUT2D eigenvalue weighted by molar-refractivity contribution is 7.80. The largest absolute Gasteiger partial charge is 0.361 e. The van der Waals surface area contributed by atoms with Gasteiger partial charge in [-0.25, -0.2) is 4.39 Å². The molecule has 1 aromatic heterocycles. The van der Waals surface area contributed by atoms with E-state index in [1.54, 1.807) is 12.1 Å². The van der Waals surface area contributed by atoms with E-state index in [2.05, 4.69) is 33.2 Å². The van der Waals surface area contributed by atoms with Gasteiger partial charge in [0, 0.05) is 24.9 Å². The van der Waals surface area contributed by atoms with Crippen molar-refractivity contribution >= 4 is 23.2 Å². The number of thiocarbonyl (C=S) groups is 1. The summed E-state index contributed by atoms with van der Waals surface area (Å²) < 4.78 is 18.0. The number of aryl methyl sites for hydroxylation is 1. The third-order valence-corrected chi connectivity index (χ3v) is 3.76. The molecule has 0 spiro atoms. The summed E-state index contributed by atoms with van der Waals surface area (Å²) in [6.07, 6.45) is 3.75. The molecule has 0 saturated heterocycles. The van der Waals surface area contributed by atoms with Crippen LogP contribution in [0.1, 0.15) is 38.5 Å². The summed E-state index contributed by atoms with van der Waals surface area (Å²) in [4.78, 5) is 16.0. The maximum Gasteiger partial charge on any atom is 0.238 e. The molecule has 0 bridgehead atoms. The van der Waals surface area contributed by atoms with Gasteiger partial charge in [0.1, 0.15) is 5.82 Å². The van der Waals surface area contributed by atoms with Crippen LogP contribution in [0.4, 0.5) is 4.39 Å². The van der Waals surface area contributed by atoms with Crippen LogP contribution in [0.3, 0.4) is 0 Å². The molecule has 0 fully saturated rings. The third kappa shape index (κ3) is 6.75. The highest BCUT2D eigenvalue weighted by Gasteiger charge is 2.11. The lowest BCUT2D eigenvalue weighted by molar-refractivity contribution is -0.121. The van der Waals surface area contributed by atoms with E-state index in [9.17, 15) is 9.18 Å². The molecular formula is C17H22FN5O2S. The summed E-state index contributed by atoms with van der Waals surface area (Å²) in [5, 5.41) is 7.22. The van der Waals surface area contributed by atoms with Gasteiger partial charge in [-0.1, -0.05) is 24.9 Å². The van der Waals surface area contributed by atoms with E-state index < -0.39 is 0 Å². The molecule has 140 valence electrons. The highest BCUT2D eigenvalue weighted by atomic mass is 32.1. The molecule has 1 aromatic carbocycles. The summed E-state index contributed by atoms with van der Waals surface area (Å²) in [6, 6.07) is 5.78. The fraction of sp³-hybridized carbons (Fsp3) is 0.412. The molecule has 0 radical (unpaired) electrons. The maximum absolute atomic E-state index is 12.9. The van der Waals surface area contributed by atoms with Crippen molar-refractivity contribution in [2.24, 2.45) is 0 Å². The van der Waals surface area contributed by atoms with E-state index in [0.29, 0.717) is 28.8 Å². The van der Waals surface area contributed by atoms with Crippen LogP contribution in [-0.2, 0) is 11.2 Å². The van der Waals surface area contributed by atoms with Crippen LogP contribution in [-0.4, -0.2) is 27.7 Å². The van der Waals surface area contributed by atoms with Crippen LogP contribution < -0.4 is 16.2 Å². The van der Waals surface area contributed by atoms with Gasteiger partial charge in [0.25, 0.3) is 0 Å². The highest BCUT2D eigenvalue weighted by Crippen LogP contribution is 2.16. The van der Waals surface area contributed by atoms with Crippen LogP contribution in [0.5, 0.6) is 0 Å². The quantitative estimate of drug-likeness (QED) is 0.369. The van der Waals surface area contributed by atoms with Crippen molar-refractivity contribution in [3.63, 3.8) is 0 Å². The smallest absolute Gasteiger partial charge is 0.238 e. The number of unbranched alkanes of at least 4 members (excludes halogenated alkanes) is 2. The molecule has 0 aliphatic heterocycles. The van der Waals surface area contributed by atoms with Crippen molar-refractivity contribution < 1.29 is 13.7 Å². The summed E-state index contributed by atoms with van der Waals surface area (Å²) in [6.45, 7) is 2.90. The van der Waals surface area contributed by atoms with Crippen molar-refractivity contribution in [2.75, 3.05) is 6.54 Å². The van der Waals surface area contributed by atoms with Gasteiger partial charge in [0.15, 0.2) is 5.11 Å². The number of benzene rings is 1.